The average molecular weight is 429 g/mol. The molecule has 6 heteroatoms. The quantitative estimate of drug-likeness (QED) is 0.183. The Morgan fingerprint density at radius 3 is 1.43 bits per heavy atom. The molecule has 0 amide bonds. The maximum absolute atomic E-state index is 11.2. The van der Waals surface area contributed by atoms with Gasteiger partial charge in [0.15, 0.2) is 0 Å². The van der Waals surface area contributed by atoms with E-state index in [0.717, 1.165) is 51.4 Å². The van der Waals surface area contributed by atoms with E-state index in [1.165, 1.54) is 51.4 Å². The van der Waals surface area contributed by atoms with Crippen LogP contribution in [0, 0.1) is 0 Å². The Morgan fingerprint density at radius 2 is 1.04 bits per heavy atom. The van der Waals surface area contributed by atoms with Crippen LogP contribution in [0.25, 0.3) is 0 Å². The second-order valence-electron chi connectivity index (χ2n) is 8.17. The summed E-state index contributed by atoms with van der Waals surface area (Å²) in [6, 6.07) is 0. The molecule has 0 spiro atoms. The molecule has 4 nitrogen and oxygen atoms in total. The van der Waals surface area contributed by atoms with Gasteiger partial charge in [0.1, 0.15) is 0 Å². The minimum Gasteiger partial charge on any atom is -0.748 e. The molecule has 0 saturated carbocycles. The van der Waals surface area contributed by atoms with E-state index in [4.69, 9.17) is 0 Å². The first-order valence-electron chi connectivity index (χ1n) is 11.5. The van der Waals surface area contributed by atoms with Crippen molar-refractivity contribution < 1.29 is 47.6 Å². The molecule has 0 aromatic heterocycles. The van der Waals surface area contributed by atoms with Crippen molar-refractivity contribution in [1.29, 1.82) is 0 Å². The van der Waals surface area contributed by atoms with Gasteiger partial charge in [-0.25, -0.2) is 8.42 Å². The Balaban J connectivity index is 0. The van der Waals surface area contributed by atoms with Crippen molar-refractivity contribution in [3.63, 3.8) is 0 Å². The molecule has 0 saturated heterocycles. The van der Waals surface area contributed by atoms with Gasteiger partial charge in [-0.3, -0.25) is 0 Å². The average Bonchev–Trinajstić information content (AvgIpc) is 2.61. The van der Waals surface area contributed by atoms with Crippen molar-refractivity contribution in [2.24, 2.45) is 0 Å². The maximum Gasteiger partial charge on any atom is 1.00 e. The van der Waals surface area contributed by atoms with E-state index in [1.807, 2.05) is 6.92 Å². The van der Waals surface area contributed by atoms with Crippen molar-refractivity contribution in [3.05, 3.63) is 0 Å². The Labute approximate surface area is 197 Å². The predicted molar refractivity (Wildman–Crippen MR) is 114 cm³/mol. The first kappa shape index (κ1) is 31.1. The summed E-state index contributed by atoms with van der Waals surface area (Å²) in [5.74, 6) is 0. The van der Waals surface area contributed by atoms with Gasteiger partial charge in [0.2, 0.25) is 0 Å². The van der Waals surface area contributed by atoms with Gasteiger partial charge in [0.25, 0.3) is 0 Å². The predicted octanol–water partition coefficient (Wildman–Crippen LogP) is 3.33. The molecule has 0 bridgehead atoms. The van der Waals surface area contributed by atoms with E-state index in [0.29, 0.717) is 12.8 Å². The number of aliphatic hydroxyl groups is 1. The fraction of sp³-hybridized carbons (Fsp3) is 1.00. The monoisotopic (exact) mass is 428 g/mol. The molecule has 28 heavy (non-hydrogen) atoms. The van der Waals surface area contributed by atoms with E-state index >= 15 is 0 Å². The van der Waals surface area contributed by atoms with Gasteiger partial charge >= 0.3 is 29.6 Å². The summed E-state index contributed by atoms with van der Waals surface area (Å²) in [7, 11) is -4.12. The zero-order chi connectivity index (χ0) is 20.4. The molecular formula is C22H45NaO4S. The Hall–Kier alpha value is 0.870. The standard InChI is InChI=1S/C22H46O4S.Na/c1-3-5-14-18-21(23)19-15-12-10-8-6-7-9-11-13-16-20-22(17-4-2)27(24,25)26;/h21-23H,3-20H2,1-2H3,(H,24,25,26);/q;+1/p-1. The van der Waals surface area contributed by atoms with E-state index in [1.54, 1.807) is 0 Å². The molecule has 1 N–H and O–H groups in total. The van der Waals surface area contributed by atoms with Crippen molar-refractivity contribution >= 4 is 10.1 Å². The van der Waals surface area contributed by atoms with Gasteiger partial charge in [-0.2, -0.15) is 0 Å². The normalized spacial score (nSPS) is 13.9. The minimum atomic E-state index is -4.12. The van der Waals surface area contributed by atoms with Crippen molar-refractivity contribution in [3.8, 4) is 0 Å². The van der Waals surface area contributed by atoms with Crippen LogP contribution in [0.15, 0.2) is 0 Å². The van der Waals surface area contributed by atoms with Crippen LogP contribution in [-0.4, -0.2) is 29.4 Å². The van der Waals surface area contributed by atoms with Crippen LogP contribution in [0.5, 0.6) is 0 Å². The second kappa shape index (κ2) is 21.1. The van der Waals surface area contributed by atoms with Crippen LogP contribution in [0.1, 0.15) is 129 Å². The Bertz CT molecular complexity index is 415. The zero-order valence-corrected chi connectivity index (χ0v) is 21.8. The third-order valence-electron chi connectivity index (χ3n) is 5.47. The Morgan fingerprint density at radius 1 is 0.643 bits per heavy atom. The van der Waals surface area contributed by atoms with Crippen LogP contribution in [0.2, 0.25) is 0 Å². The molecule has 0 fully saturated rings. The van der Waals surface area contributed by atoms with Gasteiger partial charge in [0, 0.05) is 5.25 Å². The molecule has 2 unspecified atom stereocenters. The summed E-state index contributed by atoms with van der Waals surface area (Å²) in [5.41, 5.74) is 0. The molecule has 0 aliphatic carbocycles. The molecule has 2 atom stereocenters. The molecular weight excluding hydrogens is 383 g/mol. The fourth-order valence-electron chi connectivity index (χ4n) is 3.70. The number of hydrogen-bond donors (Lipinski definition) is 1. The van der Waals surface area contributed by atoms with E-state index in [-0.39, 0.29) is 35.7 Å². The molecule has 0 heterocycles. The number of rotatable bonds is 20. The van der Waals surface area contributed by atoms with Crippen LogP contribution in [0.4, 0.5) is 0 Å². The van der Waals surface area contributed by atoms with Gasteiger partial charge < -0.3 is 9.66 Å². The summed E-state index contributed by atoms with van der Waals surface area (Å²) in [4.78, 5) is 0. The molecule has 0 radical (unpaired) electrons. The number of unbranched alkanes of at least 4 members (excludes halogenated alkanes) is 11. The fourth-order valence-corrected chi connectivity index (χ4v) is 4.68. The summed E-state index contributed by atoms with van der Waals surface area (Å²) >= 11 is 0. The summed E-state index contributed by atoms with van der Waals surface area (Å²) in [6.07, 6.45) is 18.9. The van der Waals surface area contributed by atoms with E-state index in [2.05, 4.69) is 6.92 Å². The smallest absolute Gasteiger partial charge is 0.748 e. The summed E-state index contributed by atoms with van der Waals surface area (Å²) in [5, 5.41) is 9.20. The van der Waals surface area contributed by atoms with Crippen LogP contribution in [0.3, 0.4) is 0 Å². The van der Waals surface area contributed by atoms with Gasteiger partial charge in [-0.1, -0.05) is 104 Å². The van der Waals surface area contributed by atoms with Crippen LogP contribution >= 0.6 is 0 Å². The second-order valence-corrected chi connectivity index (χ2v) is 9.82. The SMILES string of the molecule is CCCCCC(O)CCCCCCCCCCCCC(CCC)S(=O)(=O)[O-].[Na+]. The molecule has 0 rings (SSSR count). The maximum atomic E-state index is 11.2. The largest absolute Gasteiger partial charge is 1.00 e. The molecule has 0 aliphatic heterocycles. The first-order chi connectivity index (χ1) is 12.9. The summed E-state index contributed by atoms with van der Waals surface area (Å²) < 4.78 is 33.5. The summed E-state index contributed by atoms with van der Waals surface area (Å²) in [6.45, 7) is 4.12. The van der Waals surface area contributed by atoms with Crippen molar-refractivity contribution in [1.82, 2.24) is 0 Å². The first-order valence-corrected chi connectivity index (χ1v) is 13.0. The Kier molecular flexibility index (Phi) is 23.4. The van der Waals surface area contributed by atoms with Gasteiger partial charge in [-0.15, -0.1) is 0 Å². The third-order valence-corrected chi connectivity index (χ3v) is 6.76. The number of aliphatic hydroxyl groups excluding tert-OH is 1. The zero-order valence-electron chi connectivity index (χ0n) is 19.0. The number of hydrogen-bond acceptors (Lipinski definition) is 4. The van der Waals surface area contributed by atoms with Gasteiger partial charge in [0.05, 0.1) is 16.2 Å². The molecule has 164 valence electrons. The molecule has 0 aromatic rings. The van der Waals surface area contributed by atoms with Crippen molar-refractivity contribution in [2.45, 2.75) is 141 Å². The van der Waals surface area contributed by atoms with Crippen LogP contribution in [-0.2, 0) is 10.1 Å². The van der Waals surface area contributed by atoms with Crippen molar-refractivity contribution in [2.75, 3.05) is 0 Å². The third kappa shape index (κ3) is 20.2. The minimum absolute atomic E-state index is 0. The van der Waals surface area contributed by atoms with Crippen LogP contribution < -0.4 is 29.6 Å². The van der Waals surface area contributed by atoms with E-state index < -0.39 is 15.4 Å². The molecule has 0 aromatic carbocycles. The topological polar surface area (TPSA) is 77.4 Å². The van der Waals surface area contributed by atoms with E-state index in [9.17, 15) is 18.1 Å². The molecule has 0 aliphatic rings. The van der Waals surface area contributed by atoms with Gasteiger partial charge in [-0.05, 0) is 25.7 Å².